The van der Waals surface area contributed by atoms with Crippen molar-refractivity contribution in [2.45, 2.75) is 6.92 Å². The van der Waals surface area contributed by atoms with Crippen LogP contribution in [0.4, 0.5) is 0 Å². The summed E-state index contributed by atoms with van der Waals surface area (Å²) < 4.78 is 0. The second kappa shape index (κ2) is 3.44. The fourth-order valence-corrected chi connectivity index (χ4v) is 1.57. The Bertz CT molecular complexity index is 392. The fraction of sp³-hybridized carbons (Fsp3) is 0.0769. The lowest BCUT2D eigenvalue weighted by molar-refractivity contribution is 1.57. The molecule has 0 atom stereocenters. The maximum atomic E-state index is 2.16. The van der Waals surface area contributed by atoms with Crippen LogP contribution in [0.2, 0.25) is 0 Å². The Balaban J connectivity index is 2.64. The van der Waals surface area contributed by atoms with E-state index in [1.165, 1.54) is 16.7 Å². The molecule has 0 unspecified atom stereocenters. The molecule has 1 aromatic rings. The van der Waals surface area contributed by atoms with Crippen LogP contribution in [0.3, 0.4) is 0 Å². The first kappa shape index (κ1) is 8.06. The Hall–Kier alpha value is -1.56. The summed E-state index contributed by atoms with van der Waals surface area (Å²) >= 11 is 0. The molecule has 2 rings (SSSR count). The summed E-state index contributed by atoms with van der Waals surface area (Å²) in [6.07, 6.45) is 10.6. The van der Waals surface area contributed by atoms with Gasteiger partial charge >= 0.3 is 0 Å². The van der Waals surface area contributed by atoms with E-state index in [2.05, 4.69) is 61.6 Å². The summed E-state index contributed by atoms with van der Waals surface area (Å²) in [5.74, 6) is 0. The molecule has 1 aliphatic carbocycles. The third kappa shape index (κ3) is 1.48. The van der Waals surface area contributed by atoms with Crippen LogP contribution in [-0.2, 0) is 0 Å². The molecule has 13 heavy (non-hydrogen) atoms. The summed E-state index contributed by atoms with van der Waals surface area (Å²) in [6, 6.07) is 8.45. The Kier molecular flexibility index (Phi) is 2.13. The molecule has 0 aliphatic heterocycles. The van der Waals surface area contributed by atoms with Gasteiger partial charge in [-0.3, -0.25) is 0 Å². The van der Waals surface area contributed by atoms with Gasteiger partial charge in [-0.25, -0.2) is 0 Å². The molecule has 0 fully saturated rings. The minimum atomic E-state index is 1.29. The van der Waals surface area contributed by atoms with E-state index in [0.29, 0.717) is 0 Å². The van der Waals surface area contributed by atoms with Gasteiger partial charge in [0.2, 0.25) is 0 Å². The average Bonchev–Trinajstić information content (AvgIpc) is 2.39. The molecule has 0 heteroatoms. The van der Waals surface area contributed by atoms with Gasteiger partial charge < -0.3 is 0 Å². The van der Waals surface area contributed by atoms with Crippen LogP contribution in [0.15, 0.2) is 48.6 Å². The fourth-order valence-electron chi connectivity index (χ4n) is 1.57. The zero-order chi connectivity index (χ0) is 9.10. The minimum absolute atomic E-state index is 1.29. The van der Waals surface area contributed by atoms with Gasteiger partial charge in [0.05, 0.1) is 0 Å². The van der Waals surface area contributed by atoms with E-state index in [4.69, 9.17) is 0 Å². The largest absolute Gasteiger partial charge is 0.0798 e. The molecule has 1 aliphatic rings. The average molecular weight is 168 g/mol. The molecule has 0 aromatic heterocycles. The van der Waals surface area contributed by atoms with Gasteiger partial charge in [-0.05, 0) is 23.6 Å². The number of hydrogen-bond donors (Lipinski definition) is 0. The number of rotatable bonds is 0. The molecule has 0 amide bonds. The first-order valence-electron chi connectivity index (χ1n) is 4.52. The van der Waals surface area contributed by atoms with Crippen molar-refractivity contribution < 1.29 is 0 Å². The standard InChI is InChI=1S/C13H12/c1-2-11-7-3-4-8-12-9-5-6-10-13(11)12/h2-10H,1H3/b11-2+. The number of hydrogen-bond acceptors (Lipinski definition) is 0. The van der Waals surface area contributed by atoms with Crippen LogP contribution in [0, 0.1) is 0 Å². The molecule has 0 N–H and O–H groups in total. The second-order valence-corrected chi connectivity index (χ2v) is 3.05. The van der Waals surface area contributed by atoms with Crippen LogP contribution in [0.5, 0.6) is 0 Å². The molecule has 1 aromatic carbocycles. The van der Waals surface area contributed by atoms with Crippen molar-refractivity contribution in [2.24, 2.45) is 0 Å². The molecular weight excluding hydrogens is 156 g/mol. The maximum Gasteiger partial charge on any atom is -0.0115 e. The number of fused-ring (bicyclic) bond motifs is 1. The highest BCUT2D eigenvalue weighted by molar-refractivity contribution is 5.82. The van der Waals surface area contributed by atoms with Gasteiger partial charge in [0.1, 0.15) is 0 Å². The first-order valence-corrected chi connectivity index (χ1v) is 4.52. The van der Waals surface area contributed by atoms with Gasteiger partial charge in [0.25, 0.3) is 0 Å². The lowest BCUT2D eigenvalue weighted by Gasteiger charge is -2.04. The lowest BCUT2D eigenvalue weighted by atomic mass is 10.0. The third-order valence-electron chi connectivity index (χ3n) is 2.25. The second-order valence-electron chi connectivity index (χ2n) is 3.05. The maximum absolute atomic E-state index is 2.16. The highest BCUT2D eigenvalue weighted by Crippen LogP contribution is 2.23. The van der Waals surface area contributed by atoms with Crippen molar-refractivity contribution in [1.82, 2.24) is 0 Å². The molecule has 0 nitrogen and oxygen atoms in total. The Morgan fingerprint density at radius 1 is 1.00 bits per heavy atom. The van der Waals surface area contributed by atoms with Crippen molar-refractivity contribution in [2.75, 3.05) is 0 Å². The van der Waals surface area contributed by atoms with Crippen LogP contribution in [0.1, 0.15) is 18.1 Å². The van der Waals surface area contributed by atoms with E-state index in [1.54, 1.807) is 0 Å². The number of allylic oxidation sites excluding steroid dienone is 5. The number of benzene rings is 1. The molecule has 0 heterocycles. The van der Waals surface area contributed by atoms with E-state index in [-0.39, 0.29) is 0 Å². The van der Waals surface area contributed by atoms with Crippen LogP contribution >= 0.6 is 0 Å². The normalized spacial score (nSPS) is 17.2. The summed E-state index contributed by atoms with van der Waals surface area (Å²) in [4.78, 5) is 0. The summed E-state index contributed by atoms with van der Waals surface area (Å²) in [7, 11) is 0. The lowest BCUT2D eigenvalue weighted by Crippen LogP contribution is -1.83. The van der Waals surface area contributed by atoms with E-state index in [0.717, 1.165) is 0 Å². The van der Waals surface area contributed by atoms with Gasteiger partial charge in [0, 0.05) is 0 Å². The molecule has 0 saturated heterocycles. The van der Waals surface area contributed by atoms with Crippen LogP contribution in [0.25, 0.3) is 11.6 Å². The zero-order valence-corrected chi connectivity index (χ0v) is 7.70. The highest BCUT2D eigenvalue weighted by atomic mass is 14.1. The minimum Gasteiger partial charge on any atom is -0.0798 e. The van der Waals surface area contributed by atoms with Gasteiger partial charge in [-0.1, -0.05) is 54.6 Å². The zero-order valence-electron chi connectivity index (χ0n) is 7.70. The molecule has 64 valence electrons. The monoisotopic (exact) mass is 168 g/mol. The topological polar surface area (TPSA) is 0 Å². The first-order chi connectivity index (χ1) is 6.42. The molecule has 0 spiro atoms. The van der Waals surface area contributed by atoms with Crippen molar-refractivity contribution in [1.29, 1.82) is 0 Å². The molecule has 0 radical (unpaired) electrons. The third-order valence-corrected chi connectivity index (χ3v) is 2.25. The van der Waals surface area contributed by atoms with Crippen LogP contribution < -0.4 is 0 Å². The summed E-state index contributed by atoms with van der Waals surface area (Å²) in [5, 5.41) is 0. The summed E-state index contributed by atoms with van der Waals surface area (Å²) in [5.41, 5.74) is 3.90. The van der Waals surface area contributed by atoms with E-state index in [1.807, 2.05) is 0 Å². The smallest absolute Gasteiger partial charge is 0.0115 e. The Labute approximate surface area is 78.9 Å². The van der Waals surface area contributed by atoms with Gasteiger partial charge in [-0.2, -0.15) is 0 Å². The van der Waals surface area contributed by atoms with Crippen molar-refractivity contribution in [3.63, 3.8) is 0 Å². The Morgan fingerprint density at radius 2 is 1.77 bits per heavy atom. The quantitative estimate of drug-likeness (QED) is 0.554. The molecule has 0 saturated carbocycles. The van der Waals surface area contributed by atoms with E-state index in [9.17, 15) is 0 Å². The predicted molar refractivity (Wildman–Crippen MR) is 58.3 cm³/mol. The Morgan fingerprint density at radius 3 is 2.62 bits per heavy atom. The SMILES string of the molecule is C/C=C1\C=CC=Cc2ccccc21. The van der Waals surface area contributed by atoms with Gasteiger partial charge in [-0.15, -0.1) is 0 Å². The van der Waals surface area contributed by atoms with E-state index < -0.39 is 0 Å². The highest BCUT2D eigenvalue weighted by Gasteiger charge is 2.02. The molecular formula is C13H12. The van der Waals surface area contributed by atoms with Gasteiger partial charge in [0.15, 0.2) is 0 Å². The van der Waals surface area contributed by atoms with Crippen molar-refractivity contribution in [3.05, 3.63) is 59.7 Å². The van der Waals surface area contributed by atoms with Crippen LogP contribution in [-0.4, -0.2) is 0 Å². The van der Waals surface area contributed by atoms with Crippen molar-refractivity contribution >= 4 is 11.6 Å². The predicted octanol–water partition coefficient (Wildman–Crippen LogP) is 3.67. The molecule has 0 bridgehead atoms. The van der Waals surface area contributed by atoms with E-state index >= 15 is 0 Å². The summed E-state index contributed by atoms with van der Waals surface area (Å²) in [6.45, 7) is 2.07. The van der Waals surface area contributed by atoms with Crippen molar-refractivity contribution in [3.8, 4) is 0 Å².